The number of benzene rings is 1. The van der Waals surface area contributed by atoms with E-state index in [1.807, 2.05) is 0 Å². The molecule has 0 N–H and O–H groups in total. The average Bonchev–Trinajstić information content (AvgIpc) is 2.99. The zero-order valence-corrected chi connectivity index (χ0v) is 8.37. The van der Waals surface area contributed by atoms with Gasteiger partial charge in [-0.2, -0.15) is 5.26 Å². The monoisotopic (exact) mass is 205 g/mol. The average molecular weight is 205 g/mol. The molecule has 0 amide bonds. The van der Waals surface area contributed by atoms with Crippen LogP contribution in [0.2, 0.25) is 0 Å². The highest BCUT2D eigenvalue weighted by molar-refractivity contribution is 5.22. The van der Waals surface area contributed by atoms with Crippen LogP contribution in [0, 0.1) is 22.6 Å². The van der Waals surface area contributed by atoms with Gasteiger partial charge in [-0.05, 0) is 37.1 Å². The molecule has 78 valence electrons. The molecule has 0 saturated heterocycles. The fourth-order valence-electron chi connectivity index (χ4n) is 1.48. The number of nitriles is 1. The molecule has 1 aromatic carbocycles. The fourth-order valence-corrected chi connectivity index (χ4v) is 1.48. The Morgan fingerprint density at radius 2 is 2.00 bits per heavy atom. The summed E-state index contributed by atoms with van der Waals surface area (Å²) in [5, 5.41) is 8.62. The van der Waals surface area contributed by atoms with E-state index in [0.717, 1.165) is 12.8 Å². The molecule has 0 aromatic heterocycles. The molecule has 0 aliphatic heterocycles. The van der Waals surface area contributed by atoms with Crippen molar-refractivity contribution in [2.75, 3.05) is 6.61 Å². The minimum absolute atomic E-state index is 0.0726. The first-order valence-electron chi connectivity index (χ1n) is 4.99. The van der Waals surface area contributed by atoms with E-state index in [2.05, 4.69) is 6.07 Å². The Balaban J connectivity index is 1.88. The van der Waals surface area contributed by atoms with E-state index in [0.29, 0.717) is 18.8 Å². The molecule has 1 aromatic rings. The molecule has 3 heteroatoms. The maximum Gasteiger partial charge on any atom is 0.123 e. The van der Waals surface area contributed by atoms with Crippen LogP contribution in [-0.2, 0) is 0 Å². The molecule has 0 heterocycles. The lowest BCUT2D eigenvalue weighted by atomic mass is 10.1. The Morgan fingerprint density at radius 1 is 1.33 bits per heavy atom. The third-order valence-corrected chi connectivity index (χ3v) is 2.77. The number of hydrogen-bond acceptors (Lipinski definition) is 2. The number of rotatable bonds is 4. The molecule has 15 heavy (non-hydrogen) atoms. The van der Waals surface area contributed by atoms with Crippen LogP contribution in [0.3, 0.4) is 0 Å². The molecule has 2 nitrogen and oxygen atoms in total. The molecule has 0 radical (unpaired) electrons. The lowest BCUT2D eigenvalue weighted by molar-refractivity contribution is 0.236. The van der Waals surface area contributed by atoms with E-state index in [-0.39, 0.29) is 11.2 Å². The van der Waals surface area contributed by atoms with Gasteiger partial charge in [0.25, 0.3) is 0 Å². The standard InChI is InChI=1S/C12H12FNO/c13-10-1-3-11(4-2-10)15-9-12(5-6-12)7-8-14/h1-4H,5-7,9H2. The second-order valence-electron chi connectivity index (χ2n) is 4.08. The van der Waals surface area contributed by atoms with Crippen molar-refractivity contribution in [1.82, 2.24) is 0 Å². The summed E-state index contributed by atoms with van der Waals surface area (Å²) in [6, 6.07) is 8.14. The van der Waals surface area contributed by atoms with E-state index < -0.39 is 0 Å². The van der Waals surface area contributed by atoms with E-state index in [1.165, 1.54) is 12.1 Å². The number of halogens is 1. The number of nitrogens with zero attached hydrogens (tertiary/aromatic N) is 1. The summed E-state index contributed by atoms with van der Waals surface area (Å²) in [6.07, 6.45) is 2.66. The highest BCUT2D eigenvalue weighted by Gasteiger charge is 2.43. The van der Waals surface area contributed by atoms with Crippen molar-refractivity contribution in [3.8, 4) is 11.8 Å². The van der Waals surface area contributed by atoms with Crippen LogP contribution in [0.25, 0.3) is 0 Å². The Bertz CT molecular complexity index is 376. The van der Waals surface area contributed by atoms with Crippen LogP contribution in [0.1, 0.15) is 19.3 Å². The molecular formula is C12H12FNO. The first-order valence-corrected chi connectivity index (χ1v) is 4.99. The van der Waals surface area contributed by atoms with Gasteiger partial charge in [-0.3, -0.25) is 0 Å². The Kier molecular flexibility index (Phi) is 2.59. The van der Waals surface area contributed by atoms with Crippen LogP contribution < -0.4 is 4.74 Å². The second-order valence-corrected chi connectivity index (χ2v) is 4.08. The summed E-state index contributed by atoms with van der Waals surface area (Å²) in [4.78, 5) is 0. The Hall–Kier alpha value is -1.56. The lowest BCUT2D eigenvalue weighted by Crippen LogP contribution is -2.12. The van der Waals surface area contributed by atoms with Crippen molar-refractivity contribution in [3.05, 3.63) is 30.1 Å². The highest BCUT2D eigenvalue weighted by atomic mass is 19.1. The smallest absolute Gasteiger partial charge is 0.123 e. The van der Waals surface area contributed by atoms with Crippen LogP contribution in [-0.4, -0.2) is 6.61 Å². The summed E-state index contributed by atoms with van der Waals surface area (Å²) in [7, 11) is 0. The molecular weight excluding hydrogens is 193 g/mol. The lowest BCUT2D eigenvalue weighted by Gasteiger charge is -2.12. The predicted octanol–water partition coefficient (Wildman–Crippen LogP) is 2.90. The van der Waals surface area contributed by atoms with Gasteiger partial charge in [-0.25, -0.2) is 4.39 Å². The first-order chi connectivity index (χ1) is 7.24. The topological polar surface area (TPSA) is 33.0 Å². The SMILES string of the molecule is N#CCC1(COc2ccc(F)cc2)CC1. The molecule has 0 spiro atoms. The third kappa shape index (κ3) is 2.47. The second kappa shape index (κ2) is 3.90. The largest absolute Gasteiger partial charge is 0.493 e. The maximum atomic E-state index is 12.6. The zero-order valence-electron chi connectivity index (χ0n) is 8.37. The van der Waals surface area contributed by atoms with Gasteiger partial charge in [0.1, 0.15) is 11.6 Å². The van der Waals surface area contributed by atoms with E-state index >= 15 is 0 Å². The van der Waals surface area contributed by atoms with Gasteiger partial charge in [-0.15, -0.1) is 0 Å². The Labute approximate surface area is 88.3 Å². The van der Waals surface area contributed by atoms with E-state index in [9.17, 15) is 4.39 Å². The normalized spacial score (nSPS) is 16.8. The van der Waals surface area contributed by atoms with Crippen molar-refractivity contribution in [2.45, 2.75) is 19.3 Å². The number of hydrogen-bond donors (Lipinski definition) is 0. The molecule has 1 aliphatic rings. The van der Waals surface area contributed by atoms with Crippen molar-refractivity contribution in [1.29, 1.82) is 5.26 Å². The quantitative estimate of drug-likeness (QED) is 0.757. The number of ether oxygens (including phenoxy) is 1. The maximum absolute atomic E-state index is 12.6. The Morgan fingerprint density at radius 3 is 2.53 bits per heavy atom. The van der Waals surface area contributed by atoms with Crippen molar-refractivity contribution < 1.29 is 9.13 Å². The van der Waals surface area contributed by atoms with Crippen LogP contribution in [0.5, 0.6) is 5.75 Å². The van der Waals surface area contributed by atoms with Crippen LogP contribution in [0.4, 0.5) is 4.39 Å². The van der Waals surface area contributed by atoms with E-state index in [1.54, 1.807) is 12.1 Å². The van der Waals surface area contributed by atoms with Crippen molar-refractivity contribution >= 4 is 0 Å². The fraction of sp³-hybridized carbons (Fsp3) is 0.417. The third-order valence-electron chi connectivity index (χ3n) is 2.77. The van der Waals surface area contributed by atoms with E-state index in [4.69, 9.17) is 10.00 Å². The summed E-state index contributed by atoms with van der Waals surface area (Å²) in [5.41, 5.74) is 0.0726. The molecule has 0 bridgehead atoms. The summed E-state index contributed by atoms with van der Waals surface area (Å²) in [5.74, 6) is 0.404. The van der Waals surface area contributed by atoms with Gasteiger partial charge in [0.05, 0.1) is 12.7 Å². The van der Waals surface area contributed by atoms with Gasteiger partial charge < -0.3 is 4.74 Å². The molecule has 2 rings (SSSR count). The van der Waals surface area contributed by atoms with Crippen LogP contribution >= 0.6 is 0 Å². The first kappa shape index (κ1) is 9.97. The molecule has 1 fully saturated rings. The molecule has 1 saturated carbocycles. The van der Waals surface area contributed by atoms with Crippen molar-refractivity contribution in [3.63, 3.8) is 0 Å². The van der Waals surface area contributed by atoms with Gasteiger partial charge in [0.15, 0.2) is 0 Å². The van der Waals surface area contributed by atoms with Crippen LogP contribution in [0.15, 0.2) is 24.3 Å². The van der Waals surface area contributed by atoms with Gasteiger partial charge in [0, 0.05) is 11.8 Å². The zero-order chi connectivity index (χ0) is 10.7. The molecule has 0 unspecified atom stereocenters. The summed E-state index contributed by atoms with van der Waals surface area (Å²) >= 11 is 0. The predicted molar refractivity (Wildman–Crippen MR) is 53.8 cm³/mol. The minimum atomic E-state index is -0.263. The van der Waals surface area contributed by atoms with Gasteiger partial charge >= 0.3 is 0 Å². The molecule has 1 aliphatic carbocycles. The minimum Gasteiger partial charge on any atom is -0.493 e. The van der Waals surface area contributed by atoms with Crippen molar-refractivity contribution in [2.24, 2.45) is 5.41 Å². The molecule has 0 atom stereocenters. The summed E-state index contributed by atoms with van der Waals surface area (Å²) in [6.45, 7) is 0.562. The van der Waals surface area contributed by atoms with Gasteiger partial charge in [0.2, 0.25) is 0 Å². The summed E-state index contributed by atoms with van der Waals surface area (Å²) < 4.78 is 18.1. The van der Waals surface area contributed by atoms with Gasteiger partial charge in [-0.1, -0.05) is 0 Å². The highest BCUT2D eigenvalue weighted by Crippen LogP contribution is 2.48.